The summed E-state index contributed by atoms with van der Waals surface area (Å²) in [6.07, 6.45) is 2.63. The number of benzene rings is 1. The van der Waals surface area contributed by atoms with Crippen LogP contribution in [0.2, 0.25) is 0 Å². The predicted octanol–water partition coefficient (Wildman–Crippen LogP) is 0.312. The van der Waals surface area contributed by atoms with Gasteiger partial charge in [0, 0.05) is 18.7 Å². The van der Waals surface area contributed by atoms with E-state index in [9.17, 15) is 0 Å². The van der Waals surface area contributed by atoms with Crippen molar-refractivity contribution in [2.45, 2.75) is 25.5 Å². The first-order valence-corrected chi connectivity index (χ1v) is 9.12. The second-order valence-corrected chi connectivity index (χ2v) is 6.93. The molecule has 0 aliphatic carbocycles. The van der Waals surface area contributed by atoms with Gasteiger partial charge in [-0.05, 0) is 37.2 Å². The first kappa shape index (κ1) is 17.2. The van der Waals surface area contributed by atoms with Crippen molar-refractivity contribution in [1.82, 2.24) is 10.2 Å². The minimum atomic E-state index is 0.325. The second kappa shape index (κ2) is 8.43. The number of ether oxygens (including phenoxy) is 1. The van der Waals surface area contributed by atoms with Crippen LogP contribution in [0.5, 0.6) is 0 Å². The summed E-state index contributed by atoms with van der Waals surface area (Å²) in [5.74, 6) is 0. The van der Waals surface area contributed by atoms with Crippen molar-refractivity contribution in [2.24, 2.45) is 0 Å². The lowest BCUT2D eigenvalue weighted by Crippen LogP contribution is -3.13. The van der Waals surface area contributed by atoms with Crippen molar-refractivity contribution >= 4 is 17.3 Å². The molecule has 0 aromatic heterocycles. The van der Waals surface area contributed by atoms with Crippen LogP contribution in [-0.4, -0.2) is 55.4 Å². The zero-order chi connectivity index (χ0) is 16.8. The van der Waals surface area contributed by atoms with E-state index in [1.807, 2.05) is 12.1 Å². The lowest BCUT2D eigenvalue weighted by atomic mass is 10.1. The molecule has 2 saturated heterocycles. The van der Waals surface area contributed by atoms with Gasteiger partial charge in [-0.2, -0.15) is 5.26 Å². The number of piperazine rings is 1. The Kier molecular flexibility index (Phi) is 6.02. The first-order valence-electron chi connectivity index (χ1n) is 8.71. The van der Waals surface area contributed by atoms with Gasteiger partial charge in [-0.25, -0.2) is 0 Å². The quantitative estimate of drug-likeness (QED) is 0.770. The molecule has 24 heavy (non-hydrogen) atoms. The zero-order valence-corrected chi connectivity index (χ0v) is 14.8. The van der Waals surface area contributed by atoms with E-state index in [1.165, 1.54) is 5.56 Å². The number of thiocarbonyl (C=S) groups is 1. The molecule has 2 fully saturated rings. The molecule has 5 nitrogen and oxygen atoms in total. The van der Waals surface area contributed by atoms with Crippen LogP contribution in [0.3, 0.4) is 0 Å². The van der Waals surface area contributed by atoms with E-state index in [-0.39, 0.29) is 0 Å². The maximum Gasteiger partial charge on any atom is 0.169 e. The maximum atomic E-state index is 8.86. The molecule has 6 heteroatoms. The number of hydrogen-bond donors (Lipinski definition) is 2. The summed E-state index contributed by atoms with van der Waals surface area (Å²) in [4.78, 5) is 3.84. The average Bonchev–Trinajstić information content (AvgIpc) is 3.14. The molecular formula is C18H25N4OS+. The van der Waals surface area contributed by atoms with Gasteiger partial charge in [-0.15, -0.1) is 0 Å². The Hall–Kier alpha value is -1.68. The standard InChI is InChI=1S/C18H24N4OS/c19-12-15-3-5-16(6-4-15)14-21-7-9-22(10-8-21)18(24)20-13-17-2-1-11-23-17/h3-6,17H,1-2,7-11,13-14H2,(H,20,24)/p+1/t17-/m0/s1. The van der Waals surface area contributed by atoms with Gasteiger partial charge < -0.3 is 19.9 Å². The Bertz CT molecular complexity index is 584. The Morgan fingerprint density at radius 3 is 2.71 bits per heavy atom. The van der Waals surface area contributed by atoms with E-state index in [4.69, 9.17) is 22.2 Å². The Labute approximate surface area is 149 Å². The van der Waals surface area contributed by atoms with Crippen LogP contribution in [-0.2, 0) is 11.3 Å². The van der Waals surface area contributed by atoms with E-state index in [0.717, 1.165) is 69.4 Å². The third kappa shape index (κ3) is 4.67. The third-order valence-electron chi connectivity index (χ3n) is 4.80. The minimum absolute atomic E-state index is 0.325. The van der Waals surface area contributed by atoms with Gasteiger partial charge in [-0.3, -0.25) is 0 Å². The summed E-state index contributed by atoms with van der Waals surface area (Å²) in [6.45, 7) is 6.87. The molecule has 3 rings (SSSR count). The Morgan fingerprint density at radius 2 is 2.08 bits per heavy atom. The molecule has 2 aliphatic rings. The number of nitrogens with one attached hydrogen (secondary N) is 2. The summed E-state index contributed by atoms with van der Waals surface area (Å²) < 4.78 is 5.63. The monoisotopic (exact) mass is 345 g/mol. The van der Waals surface area contributed by atoms with Gasteiger partial charge in [0.25, 0.3) is 0 Å². The maximum absolute atomic E-state index is 8.86. The van der Waals surface area contributed by atoms with E-state index >= 15 is 0 Å². The highest BCUT2D eigenvalue weighted by atomic mass is 32.1. The molecule has 128 valence electrons. The number of rotatable bonds is 4. The fourth-order valence-corrected chi connectivity index (χ4v) is 3.57. The molecule has 0 bridgehead atoms. The number of nitrogens with zero attached hydrogens (tertiary/aromatic N) is 2. The molecule has 0 unspecified atom stereocenters. The predicted molar refractivity (Wildman–Crippen MR) is 96.7 cm³/mol. The van der Waals surface area contributed by atoms with Crippen molar-refractivity contribution < 1.29 is 9.64 Å². The van der Waals surface area contributed by atoms with Crippen LogP contribution in [0.1, 0.15) is 24.0 Å². The first-order chi connectivity index (χ1) is 11.7. The number of hydrogen-bond acceptors (Lipinski definition) is 3. The molecule has 1 atom stereocenters. The Morgan fingerprint density at radius 1 is 1.33 bits per heavy atom. The molecule has 1 aromatic carbocycles. The molecular weight excluding hydrogens is 320 g/mol. The largest absolute Gasteiger partial charge is 0.376 e. The van der Waals surface area contributed by atoms with E-state index in [1.54, 1.807) is 4.90 Å². The normalized spacial score (nSPS) is 21.5. The summed E-state index contributed by atoms with van der Waals surface area (Å²) in [5, 5.41) is 13.1. The summed E-state index contributed by atoms with van der Waals surface area (Å²) >= 11 is 5.52. The van der Waals surface area contributed by atoms with Crippen molar-refractivity contribution in [3.8, 4) is 6.07 Å². The molecule has 0 radical (unpaired) electrons. The van der Waals surface area contributed by atoms with E-state index < -0.39 is 0 Å². The molecule has 1 aromatic rings. The van der Waals surface area contributed by atoms with Crippen LogP contribution in [0, 0.1) is 11.3 Å². The number of quaternary nitrogens is 1. The smallest absolute Gasteiger partial charge is 0.169 e. The molecule has 2 N–H and O–H groups in total. The summed E-state index contributed by atoms with van der Waals surface area (Å²) in [7, 11) is 0. The molecule has 0 saturated carbocycles. The van der Waals surface area contributed by atoms with Crippen molar-refractivity contribution in [2.75, 3.05) is 39.3 Å². The Balaban J connectivity index is 1.39. The summed E-state index contributed by atoms with van der Waals surface area (Å²) in [6, 6.07) is 10.1. The highest BCUT2D eigenvalue weighted by molar-refractivity contribution is 7.80. The van der Waals surface area contributed by atoms with Crippen molar-refractivity contribution in [1.29, 1.82) is 5.26 Å². The lowest BCUT2D eigenvalue weighted by Gasteiger charge is -2.34. The zero-order valence-electron chi connectivity index (χ0n) is 14.0. The number of nitriles is 1. The summed E-state index contributed by atoms with van der Waals surface area (Å²) in [5.41, 5.74) is 2.01. The second-order valence-electron chi connectivity index (χ2n) is 6.54. The fourth-order valence-electron chi connectivity index (χ4n) is 3.31. The molecule has 0 spiro atoms. The fraction of sp³-hybridized carbons (Fsp3) is 0.556. The van der Waals surface area contributed by atoms with Gasteiger partial charge >= 0.3 is 0 Å². The van der Waals surface area contributed by atoms with Crippen LogP contribution in [0.25, 0.3) is 0 Å². The van der Waals surface area contributed by atoms with Crippen LogP contribution in [0.4, 0.5) is 0 Å². The highest BCUT2D eigenvalue weighted by Gasteiger charge is 2.23. The van der Waals surface area contributed by atoms with Gasteiger partial charge in [0.15, 0.2) is 5.11 Å². The van der Waals surface area contributed by atoms with Crippen LogP contribution in [0.15, 0.2) is 24.3 Å². The van der Waals surface area contributed by atoms with Gasteiger partial charge in [0.2, 0.25) is 0 Å². The van der Waals surface area contributed by atoms with Crippen molar-refractivity contribution in [3.05, 3.63) is 35.4 Å². The minimum Gasteiger partial charge on any atom is -0.376 e. The molecule has 2 aliphatic heterocycles. The van der Waals surface area contributed by atoms with Crippen molar-refractivity contribution in [3.63, 3.8) is 0 Å². The lowest BCUT2D eigenvalue weighted by molar-refractivity contribution is -0.917. The van der Waals surface area contributed by atoms with Crippen LogP contribution < -0.4 is 10.2 Å². The van der Waals surface area contributed by atoms with E-state index in [0.29, 0.717) is 6.10 Å². The van der Waals surface area contributed by atoms with Crippen LogP contribution >= 0.6 is 12.2 Å². The third-order valence-corrected chi connectivity index (χ3v) is 5.20. The highest BCUT2D eigenvalue weighted by Crippen LogP contribution is 2.10. The van der Waals surface area contributed by atoms with Gasteiger partial charge in [0.05, 0.1) is 43.9 Å². The SMILES string of the molecule is N#Cc1ccc(C[NH+]2CCN(C(=S)NC[C@@H]3CCCO3)CC2)cc1. The molecule has 0 amide bonds. The van der Waals surface area contributed by atoms with Gasteiger partial charge in [-0.1, -0.05) is 12.1 Å². The average molecular weight is 345 g/mol. The van der Waals surface area contributed by atoms with Gasteiger partial charge in [0.1, 0.15) is 6.54 Å². The van der Waals surface area contributed by atoms with E-state index in [2.05, 4.69) is 28.4 Å². The topological polar surface area (TPSA) is 52.7 Å². The molecule has 2 heterocycles.